The number of fused-ring (bicyclic) bond motifs is 1. The Morgan fingerprint density at radius 1 is 1.21 bits per heavy atom. The van der Waals surface area contributed by atoms with Crippen molar-refractivity contribution in [1.29, 1.82) is 0 Å². The molecule has 0 spiro atoms. The minimum absolute atomic E-state index is 0.101. The number of ether oxygens (including phenoxy) is 1. The summed E-state index contributed by atoms with van der Waals surface area (Å²) >= 11 is 6.14. The average molecular weight is 395 g/mol. The summed E-state index contributed by atoms with van der Waals surface area (Å²) in [6.45, 7) is 2.57. The van der Waals surface area contributed by atoms with Gasteiger partial charge in [-0.1, -0.05) is 29.8 Å². The van der Waals surface area contributed by atoms with Gasteiger partial charge in [-0.25, -0.2) is 9.97 Å². The number of carbonyl (C=O) groups excluding carboxylic acids is 1. The Kier molecular flexibility index (Phi) is 4.88. The second kappa shape index (κ2) is 7.48. The van der Waals surface area contributed by atoms with Gasteiger partial charge in [-0.15, -0.1) is 0 Å². The van der Waals surface area contributed by atoms with Gasteiger partial charge in [0.25, 0.3) is 5.91 Å². The molecule has 0 radical (unpaired) electrons. The second-order valence-electron chi connectivity index (χ2n) is 6.56. The first-order chi connectivity index (χ1) is 13.6. The van der Waals surface area contributed by atoms with Crippen LogP contribution in [0.2, 0.25) is 5.02 Å². The number of para-hydroxylation sites is 1. The minimum Gasteiger partial charge on any atom is -0.495 e. The van der Waals surface area contributed by atoms with E-state index in [9.17, 15) is 4.79 Å². The molecule has 142 valence electrons. The summed E-state index contributed by atoms with van der Waals surface area (Å²) in [4.78, 5) is 23.2. The molecule has 4 rings (SSSR count). The summed E-state index contributed by atoms with van der Waals surface area (Å²) in [6.07, 6.45) is 3.93. The molecule has 6 nitrogen and oxygen atoms in total. The third-order valence-corrected chi connectivity index (χ3v) is 5.17. The Balaban J connectivity index is 1.54. The highest BCUT2D eigenvalue weighted by molar-refractivity contribution is 6.31. The maximum atomic E-state index is 12.9. The molecule has 0 fully saturated rings. The van der Waals surface area contributed by atoms with E-state index in [4.69, 9.17) is 16.3 Å². The molecule has 0 atom stereocenters. The SMILES string of the molecule is COc1cc(Cl)c(C)cc1Nc1ncc(C(=O)N2CCc3ccccc32)cn1. The lowest BCUT2D eigenvalue weighted by molar-refractivity contribution is 0.0988. The smallest absolute Gasteiger partial charge is 0.261 e. The quantitative estimate of drug-likeness (QED) is 0.710. The number of methoxy groups -OCH3 is 1. The minimum atomic E-state index is -0.101. The van der Waals surface area contributed by atoms with E-state index in [1.54, 1.807) is 18.1 Å². The van der Waals surface area contributed by atoms with E-state index in [1.807, 2.05) is 37.3 Å². The number of benzene rings is 2. The number of carbonyl (C=O) groups is 1. The number of aromatic nitrogens is 2. The van der Waals surface area contributed by atoms with Gasteiger partial charge in [0.15, 0.2) is 0 Å². The van der Waals surface area contributed by atoms with Gasteiger partial charge in [-0.05, 0) is 36.6 Å². The number of hydrogen-bond donors (Lipinski definition) is 1. The van der Waals surface area contributed by atoms with Crippen LogP contribution in [0.15, 0.2) is 48.8 Å². The number of aryl methyl sites for hydroxylation is 1. The number of nitrogens with one attached hydrogen (secondary N) is 1. The summed E-state index contributed by atoms with van der Waals surface area (Å²) < 4.78 is 5.35. The van der Waals surface area contributed by atoms with E-state index in [0.717, 1.165) is 17.7 Å². The van der Waals surface area contributed by atoms with Crippen molar-refractivity contribution >= 4 is 34.8 Å². The van der Waals surface area contributed by atoms with Crippen molar-refractivity contribution in [3.05, 3.63) is 70.5 Å². The van der Waals surface area contributed by atoms with Crippen molar-refractivity contribution in [3.8, 4) is 5.75 Å². The Morgan fingerprint density at radius 2 is 1.96 bits per heavy atom. The van der Waals surface area contributed by atoms with Gasteiger partial charge < -0.3 is 15.0 Å². The van der Waals surface area contributed by atoms with Crippen molar-refractivity contribution in [1.82, 2.24) is 9.97 Å². The first kappa shape index (κ1) is 18.3. The Labute approximate surface area is 168 Å². The predicted molar refractivity (Wildman–Crippen MR) is 110 cm³/mol. The highest BCUT2D eigenvalue weighted by Crippen LogP contribution is 2.32. The summed E-state index contributed by atoms with van der Waals surface area (Å²) in [5.41, 5.74) is 4.19. The van der Waals surface area contributed by atoms with Crippen LogP contribution in [0.5, 0.6) is 5.75 Å². The lowest BCUT2D eigenvalue weighted by Crippen LogP contribution is -2.29. The van der Waals surface area contributed by atoms with Crippen LogP contribution in [0, 0.1) is 6.92 Å². The van der Waals surface area contributed by atoms with Gasteiger partial charge in [0.05, 0.1) is 18.4 Å². The highest BCUT2D eigenvalue weighted by Gasteiger charge is 2.25. The van der Waals surface area contributed by atoms with E-state index in [1.165, 1.54) is 18.0 Å². The molecule has 0 saturated heterocycles. The molecular formula is C21H19ClN4O2. The van der Waals surface area contributed by atoms with Crippen LogP contribution in [0.25, 0.3) is 0 Å². The maximum absolute atomic E-state index is 12.9. The molecule has 1 N–H and O–H groups in total. The molecule has 1 aliphatic rings. The zero-order valence-electron chi connectivity index (χ0n) is 15.6. The molecule has 2 heterocycles. The molecule has 0 unspecified atom stereocenters. The fraction of sp³-hybridized carbons (Fsp3) is 0.190. The molecule has 3 aromatic rings. The molecule has 28 heavy (non-hydrogen) atoms. The molecule has 0 aliphatic carbocycles. The van der Waals surface area contributed by atoms with Crippen molar-refractivity contribution in [2.45, 2.75) is 13.3 Å². The molecular weight excluding hydrogens is 376 g/mol. The van der Waals surface area contributed by atoms with Crippen molar-refractivity contribution < 1.29 is 9.53 Å². The number of halogens is 1. The first-order valence-corrected chi connectivity index (χ1v) is 9.27. The van der Waals surface area contributed by atoms with Gasteiger partial charge in [0, 0.05) is 35.7 Å². The van der Waals surface area contributed by atoms with Crippen molar-refractivity contribution in [2.75, 3.05) is 23.9 Å². The Hall–Kier alpha value is -3.12. The van der Waals surface area contributed by atoms with Crippen LogP contribution < -0.4 is 15.0 Å². The van der Waals surface area contributed by atoms with Gasteiger partial charge in [-0.3, -0.25) is 4.79 Å². The largest absolute Gasteiger partial charge is 0.495 e. The lowest BCUT2D eigenvalue weighted by Gasteiger charge is -2.17. The van der Waals surface area contributed by atoms with Gasteiger partial charge in [0.2, 0.25) is 5.95 Å². The van der Waals surface area contributed by atoms with Crippen LogP contribution in [-0.4, -0.2) is 29.5 Å². The topological polar surface area (TPSA) is 67.3 Å². The molecule has 7 heteroatoms. The standard InChI is InChI=1S/C21H19ClN4O2/c1-13-9-17(19(28-2)10-16(13)22)25-21-23-11-15(12-24-21)20(27)26-8-7-14-5-3-4-6-18(14)26/h3-6,9-12H,7-8H2,1-2H3,(H,23,24,25). The Bertz CT molecular complexity index is 1040. The van der Waals surface area contributed by atoms with Crippen LogP contribution in [-0.2, 0) is 6.42 Å². The first-order valence-electron chi connectivity index (χ1n) is 8.90. The van der Waals surface area contributed by atoms with Crippen LogP contribution >= 0.6 is 11.6 Å². The van der Waals surface area contributed by atoms with Crippen molar-refractivity contribution in [2.24, 2.45) is 0 Å². The predicted octanol–water partition coefficient (Wildman–Crippen LogP) is 4.39. The zero-order valence-corrected chi connectivity index (χ0v) is 16.3. The number of rotatable bonds is 4. The highest BCUT2D eigenvalue weighted by atomic mass is 35.5. The second-order valence-corrected chi connectivity index (χ2v) is 6.96. The fourth-order valence-electron chi connectivity index (χ4n) is 3.26. The lowest BCUT2D eigenvalue weighted by atomic mass is 10.2. The number of nitrogens with zero attached hydrogens (tertiary/aromatic N) is 3. The third kappa shape index (κ3) is 3.39. The van der Waals surface area contributed by atoms with Gasteiger partial charge in [0.1, 0.15) is 5.75 Å². The molecule has 1 aromatic heterocycles. The number of amides is 1. The summed E-state index contributed by atoms with van der Waals surface area (Å²) in [7, 11) is 1.57. The van der Waals surface area contributed by atoms with Crippen LogP contribution in [0.3, 0.4) is 0 Å². The van der Waals surface area contributed by atoms with E-state index in [0.29, 0.717) is 34.5 Å². The van der Waals surface area contributed by atoms with E-state index in [-0.39, 0.29) is 5.91 Å². The van der Waals surface area contributed by atoms with Crippen LogP contribution in [0.4, 0.5) is 17.3 Å². The average Bonchev–Trinajstić information content (AvgIpc) is 3.15. The maximum Gasteiger partial charge on any atom is 0.261 e. The third-order valence-electron chi connectivity index (χ3n) is 4.76. The van der Waals surface area contributed by atoms with Crippen molar-refractivity contribution in [3.63, 3.8) is 0 Å². The normalized spacial score (nSPS) is 12.6. The monoisotopic (exact) mass is 394 g/mol. The van der Waals surface area contributed by atoms with E-state index < -0.39 is 0 Å². The summed E-state index contributed by atoms with van der Waals surface area (Å²) in [5.74, 6) is 0.864. The van der Waals surface area contributed by atoms with Crippen LogP contribution in [0.1, 0.15) is 21.5 Å². The fourth-order valence-corrected chi connectivity index (χ4v) is 3.41. The number of hydrogen-bond acceptors (Lipinski definition) is 5. The molecule has 0 saturated carbocycles. The van der Waals surface area contributed by atoms with E-state index in [2.05, 4.69) is 15.3 Å². The zero-order chi connectivity index (χ0) is 19.7. The Morgan fingerprint density at radius 3 is 2.71 bits per heavy atom. The van der Waals surface area contributed by atoms with Gasteiger partial charge in [-0.2, -0.15) is 0 Å². The molecule has 2 aromatic carbocycles. The molecule has 1 aliphatic heterocycles. The summed E-state index contributed by atoms with van der Waals surface area (Å²) in [6, 6.07) is 11.5. The number of anilines is 3. The van der Waals surface area contributed by atoms with E-state index >= 15 is 0 Å². The molecule has 0 bridgehead atoms. The van der Waals surface area contributed by atoms with Gasteiger partial charge >= 0.3 is 0 Å². The summed E-state index contributed by atoms with van der Waals surface area (Å²) in [5, 5.41) is 3.73. The molecule has 1 amide bonds.